The maximum atomic E-state index is 11.1. The Hall–Kier alpha value is -1.25. The number of nitrogens with zero attached hydrogens (tertiary/aromatic N) is 1. The second kappa shape index (κ2) is 12.2. The fourth-order valence-corrected chi connectivity index (χ4v) is 4.10. The van der Waals surface area contributed by atoms with Crippen LogP contribution in [0.1, 0.15) is 55.8 Å². The average Bonchev–Trinajstić information content (AvgIpc) is 2.49. The van der Waals surface area contributed by atoms with E-state index in [1.54, 1.807) is 16.9 Å². The SMILES string of the molecule is CCCCCCCCSSc1ccc([N+](=O)[O-])c(C(=O)O)c1.N. The lowest BCUT2D eigenvalue weighted by Gasteiger charge is -2.04. The van der Waals surface area contributed by atoms with Crippen LogP contribution in [-0.2, 0) is 0 Å². The summed E-state index contributed by atoms with van der Waals surface area (Å²) in [6.07, 6.45) is 7.45. The van der Waals surface area contributed by atoms with Crippen molar-refractivity contribution in [3.63, 3.8) is 0 Å². The number of rotatable bonds is 11. The largest absolute Gasteiger partial charge is 0.477 e. The molecular formula is C15H24N2O4S2. The minimum atomic E-state index is -1.27. The predicted molar refractivity (Wildman–Crippen MR) is 96.8 cm³/mol. The summed E-state index contributed by atoms with van der Waals surface area (Å²) in [6.45, 7) is 2.20. The summed E-state index contributed by atoms with van der Waals surface area (Å²) in [5.41, 5.74) is -0.618. The number of hydrogen-bond acceptors (Lipinski definition) is 6. The van der Waals surface area contributed by atoms with E-state index in [0.717, 1.165) is 17.1 Å². The van der Waals surface area contributed by atoms with E-state index >= 15 is 0 Å². The number of hydrogen-bond donors (Lipinski definition) is 2. The molecule has 1 rings (SSSR count). The van der Waals surface area contributed by atoms with Gasteiger partial charge in [0, 0.05) is 16.7 Å². The van der Waals surface area contributed by atoms with E-state index in [2.05, 4.69) is 6.92 Å². The highest BCUT2D eigenvalue weighted by molar-refractivity contribution is 8.76. The zero-order chi connectivity index (χ0) is 16.4. The van der Waals surface area contributed by atoms with E-state index in [1.807, 2.05) is 0 Å². The molecule has 23 heavy (non-hydrogen) atoms. The number of benzene rings is 1. The van der Waals surface area contributed by atoms with Crippen LogP contribution in [0.25, 0.3) is 0 Å². The summed E-state index contributed by atoms with van der Waals surface area (Å²) in [5.74, 6) is -0.272. The van der Waals surface area contributed by atoms with E-state index in [0.29, 0.717) is 0 Å². The fourth-order valence-electron chi connectivity index (χ4n) is 1.95. The van der Waals surface area contributed by atoms with Gasteiger partial charge in [-0.05, 0) is 18.6 Å². The van der Waals surface area contributed by atoms with Crippen LogP contribution in [-0.4, -0.2) is 21.8 Å². The van der Waals surface area contributed by atoms with E-state index in [4.69, 9.17) is 5.11 Å². The van der Waals surface area contributed by atoms with Gasteiger partial charge in [-0.15, -0.1) is 0 Å². The monoisotopic (exact) mass is 360 g/mol. The van der Waals surface area contributed by atoms with Crippen LogP contribution in [0.4, 0.5) is 5.69 Å². The molecule has 0 saturated heterocycles. The van der Waals surface area contributed by atoms with Gasteiger partial charge in [-0.25, -0.2) is 4.79 Å². The maximum absolute atomic E-state index is 11.1. The van der Waals surface area contributed by atoms with Crippen LogP contribution >= 0.6 is 21.6 Å². The topological polar surface area (TPSA) is 115 Å². The van der Waals surface area contributed by atoms with Crippen LogP contribution in [0.5, 0.6) is 0 Å². The maximum Gasteiger partial charge on any atom is 0.342 e. The molecular weight excluding hydrogens is 336 g/mol. The summed E-state index contributed by atoms with van der Waals surface area (Å²) < 4.78 is 0. The van der Waals surface area contributed by atoms with Gasteiger partial charge in [0.1, 0.15) is 5.56 Å². The summed E-state index contributed by atoms with van der Waals surface area (Å²) in [6, 6.07) is 4.24. The van der Waals surface area contributed by atoms with Gasteiger partial charge in [-0.2, -0.15) is 0 Å². The summed E-state index contributed by atoms with van der Waals surface area (Å²) >= 11 is 0. The van der Waals surface area contributed by atoms with Gasteiger partial charge in [-0.3, -0.25) is 10.1 Å². The molecule has 0 aliphatic heterocycles. The first-order chi connectivity index (χ1) is 10.6. The number of aromatic carboxylic acids is 1. The van der Waals surface area contributed by atoms with Crippen molar-refractivity contribution in [2.45, 2.75) is 50.3 Å². The molecule has 0 spiro atoms. The van der Waals surface area contributed by atoms with Gasteiger partial charge in [-0.1, -0.05) is 60.6 Å². The minimum Gasteiger partial charge on any atom is -0.477 e. The number of nitro benzene ring substituents is 1. The first-order valence-electron chi connectivity index (χ1n) is 7.37. The lowest BCUT2D eigenvalue weighted by atomic mass is 10.1. The Morgan fingerprint density at radius 1 is 1.22 bits per heavy atom. The average molecular weight is 361 g/mol. The van der Waals surface area contributed by atoms with Crippen LogP contribution in [0.2, 0.25) is 0 Å². The standard InChI is InChI=1S/C15H21NO4S2.H3N/c1-2-3-4-5-6-7-10-21-22-12-8-9-14(16(19)20)13(11-12)15(17)18;/h8-9,11H,2-7,10H2,1H3,(H,17,18);1H3. The predicted octanol–water partition coefficient (Wildman–Crippen LogP) is 5.56. The van der Waals surface area contributed by atoms with Gasteiger partial charge in [0.05, 0.1) is 4.92 Å². The Bertz CT molecular complexity index is 512. The highest BCUT2D eigenvalue weighted by Crippen LogP contribution is 2.34. The second-order valence-corrected chi connectivity index (χ2v) is 7.40. The number of carbonyl (C=O) groups is 1. The molecule has 0 bridgehead atoms. The molecule has 0 aliphatic rings. The van der Waals surface area contributed by atoms with Crippen LogP contribution in [0.3, 0.4) is 0 Å². The Labute approximate surface area is 144 Å². The molecule has 0 fully saturated rings. The first-order valence-corrected chi connectivity index (χ1v) is 9.69. The Morgan fingerprint density at radius 2 is 1.87 bits per heavy atom. The van der Waals surface area contributed by atoms with Crippen molar-refractivity contribution in [3.8, 4) is 0 Å². The summed E-state index contributed by atoms with van der Waals surface area (Å²) in [7, 11) is 3.13. The quantitative estimate of drug-likeness (QED) is 0.230. The fraction of sp³-hybridized carbons (Fsp3) is 0.533. The number of unbranched alkanes of at least 4 members (excludes halogenated alkanes) is 5. The molecule has 0 aromatic heterocycles. The van der Waals surface area contributed by atoms with E-state index in [9.17, 15) is 14.9 Å². The first kappa shape index (κ1) is 21.8. The Kier molecular flexibility index (Phi) is 11.5. The molecule has 1 aromatic rings. The van der Waals surface area contributed by atoms with E-state index < -0.39 is 10.9 Å². The second-order valence-electron chi connectivity index (χ2n) is 4.91. The van der Waals surface area contributed by atoms with Crippen molar-refractivity contribution in [2.75, 3.05) is 5.75 Å². The molecule has 4 N–H and O–H groups in total. The highest BCUT2D eigenvalue weighted by atomic mass is 33.1. The van der Waals surface area contributed by atoms with Gasteiger partial charge < -0.3 is 11.3 Å². The van der Waals surface area contributed by atoms with Crippen molar-refractivity contribution in [3.05, 3.63) is 33.9 Å². The lowest BCUT2D eigenvalue weighted by molar-refractivity contribution is -0.385. The Balaban J connectivity index is 0.00000484. The molecule has 0 aliphatic carbocycles. The van der Waals surface area contributed by atoms with Crippen LogP contribution < -0.4 is 6.15 Å². The number of nitro groups is 1. The molecule has 0 unspecified atom stereocenters. The van der Waals surface area contributed by atoms with Crippen molar-refractivity contribution >= 4 is 33.2 Å². The van der Waals surface area contributed by atoms with Gasteiger partial charge in [0.2, 0.25) is 0 Å². The molecule has 0 atom stereocenters. The third-order valence-corrected chi connectivity index (χ3v) is 5.58. The molecule has 8 heteroatoms. The van der Waals surface area contributed by atoms with E-state index in [1.165, 1.54) is 55.0 Å². The van der Waals surface area contributed by atoms with Crippen molar-refractivity contribution in [2.24, 2.45) is 0 Å². The minimum absolute atomic E-state index is 0. The van der Waals surface area contributed by atoms with Gasteiger partial charge in [0.25, 0.3) is 5.69 Å². The smallest absolute Gasteiger partial charge is 0.342 e. The molecule has 0 radical (unpaired) electrons. The molecule has 6 nitrogen and oxygen atoms in total. The van der Waals surface area contributed by atoms with Gasteiger partial charge in [0.15, 0.2) is 0 Å². The molecule has 0 heterocycles. The van der Waals surface area contributed by atoms with Crippen molar-refractivity contribution in [1.82, 2.24) is 6.15 Å². The third kappa shape index (κ3) is 8.24. The van der Waals surface area contributed by atoms with E-state index in [-0.39, 0.29) is 17.4 Å². The van der Waals surface area contributed by atoms with Crippen molar-refractivity contribution in [1.29, 1.82) is 0 Å². The molecule has 0 saturated carbocycles. The van der Waals surface area contributed by atoms with Gasteiger partial charge >= 0.3 is 5.97 Å². The summed E-state index contributed by atoms with van der Waals surface area (Å²) in [4.78, 5) is 21.9. The summed E-state index contributed by atoms with van der Waals surface area (Å²) in [5, 5.41) is 19.8. The van der Waals surface area contributed by atoms with Crippen LogP contribution in [0, 0.1) is 10.1 Å². The number of carboxylic acids is 1. The Morgan fingerprint density at radius 3 is 2.48 bits per heavy atom. The zero-order valence-electron chi connectivity index (χ0n) is 13.3. The number of carboxylic acid groups (broad SMARTS) is 1. The molecule has 1 aromatic carbocycles. The normalized spacial score (nSPS) is 10.1. The third-order valence-electron chi connectivity index (χ3n) is 3.13. The van der Waals surface area contributed by atoms with Crippen LogP contribution in [0.15, 0.2) is 23.1 Å². The highest BCUT2D eigenvalue weighted by Gasteiger charge is 2.19. The van der Waals surface area contributed by atoms with Crippen molar-refractivity contribution < 1.29 is 14.8 Å². The molecule has 0 amide bonds. The lowest BCUT2D eigenvalue weighted by Crippen LogP contribution is -2.02. The molecule has 130 valence electrons. The zero-order valence-corrected chi connectivity index (χ0v) is 15.0.